The van der Waals surface area contributed by atoms with Crippen LogP contribution < -0.4 is 9.80 Å². The highest BCUT2D eigenvalue weighted by Gasteiger charge is 2.36. The van der Waals surface area contributed by atoms with E-state index in [1.807, 2.05) is 0 Å². The lowest BCUT2D eigenvalue weighted by atomic mass is 9.82. The maximum atomic E-state index is 2.47. The Bertz CT molecular complexity index is 7420. The second kappa shape index (κ2) is 25.2. The largest absolute Gasteiger partial charge is 0.311 e. The topological polar surface area (TPSA) is 16.3 Å². The van der Waals surface area contributed by atoms with Gasteiger partial charge < -0.3 is 18.9 Å². The summed E-state index contributed by atoms with van der Waals surface area (Å²) < 4.78 is 4.93. The number of nitrogens with zero attached hydrogens (tertiary/aromatic N) is 4. The van der Waals surface area contributed by atoms with Gasteiger partial charge >= 0.3 is 0 Å². The number of rotatable bonds is 10. The Morgan fingerprint density at radius 1 is 0.186 bits per heavy atom. The fraction of sp³-hybridized carbons (Fsp3) is 0.0275. The predicted molar refractivity (Wildman–Crippen MR) is 478 cm³/mol. The van der Waals surface area contributed by atoms with Crippen molar-refractivity contribution in [3.63, 3.8) is 0 Å². The van der Waals surface area contributed by atoms with E-state index >= 15 is 0 Å². The lowest BCUT2D eigenvalue weighted by molar-refractivity contribution is 0.660. The van der Waals surface area contributed by atoms with Gasteiger partial charge in [0, 0.05) is 72.5 Å². The van der Waals surface area contributed by atoms with Crippen molar-refractivity contribution in [1.29, 1.82) is 0 Å². The lowest BCUT2D eigenvalue weighted by Crippen LogP contribution is -2.16. The van der Waals surface area contributed by atoms with E-state index in [2.05, 4.69) is 433 Å². The highest BCUT2D eigenvalue weighted by molar-refractivity contribution is 6.32. The van der Waals surface area contributed by atoms with Crippen LogP contribution in [0.1, 0.15) is 25.0 Å². The van der Waals surface area contributed by atoms with Gasteiger partial charge in [-0.25, -0.2) is 0 Å². The highest BCUT2D eigenvalue weighted by Crippen LogP contribution is 2.55. The first-order valence-corrected chi connectivity index (χ1v) is 39.3. The van der Waals surface area contributed by atoms with Crippen molar-refractivity contribution in [2.75, 3.05) is 9.80 Å². The van der Waals surface area contributed by atoms with Crippen LogP contribution in [0.3, 0.4) is 0 Å². The molecule has 0 saturated heterocycles. The average Bonchev–Trinajstić information content (AvgIpc) is 1.55. The third-order valence-electron chi connectivity index (χ3n) is 24.6. The van der Waals surface area contributed by atoms with E-state index in [0.29, 0.717) is 0 Å². The molecule has 4 heteroatoms. The predicted octanol–water partition coefficient (Wildman–Crippen LogP) is 30.1. The van der Waals surface area contributed by atoms with Crippen LogP contribution in [0.4, 0.5) is 34.1 Å². The lowest BCUT2D eigenvalue weighted by Gasteiger charge is -2.28. The van der Waals surface area contributed by atoms with Gasteiger partial charge in [-0.3, -0.25) is 0 Å². The molecular formula is C109H72N4. The minimum absolute atomic E-state index is 0.0746. The second-order valence-electron chi connectivity index (χ2n) is 31.1. The van der Waals surface area contributed by atoms with Crippen LogP contribution in [0.2, 0.25) is 0 Å². The fourth-order valence-electron chi connectivity index (χ4n) is 19.3. The van der Waals surface area contributed by atoms with Crippen molar-refractivity contribution >= 4 is 121 Å². The monoisotopic (exact) mass is 1440 g/mol. The molecule has 2 aromatic heterocycles. The summed E-state index contributed by atoms with van der Waals surface area (Å²) in [5.74, 6) is 0. The van der Waals surface area contributed by atoms with Gasteiger partial charge in [-0.15, -0.1) is 0 Å². The molecule has 113 heavy (non-hydrogen) atoms. The van der Waals surface area contributed by atoms with E-state index in [4.69, 9.17) is 0 Å². The molecule has 0 saturated carbocycles. The van der Waals surface area contributed by atoms with Crippen LogP contribution in [0.25, 0.3) is 176 Å². The average molecular weight is 1440 g/mol. The van der Waals surface area contributed by atoms with Gasteiger partial charge in [0.1, 0.15) is 0 Å². The minimum atomic E-state index is -0.0746. The van der Waals surface area contributed by atoms with Gasteiger partial charge in [-0.2, -0.15) is 0 Å². The Balaban J connectivity index is 0.000000136. The van der Waals surface area contributed by atoms with Gasteiger partial charge in [0.25, 0.3) is 0 Å². The molecule has 0 spiro atoms. The molecule has 0 N–H and O–H groups in total. The number of anilines is 6. The molecule has 0 atom stereocenters. The molecule has 0 bridgehead atoms. The molecule has 3 aliphatic rings. The van der Waals surface area contributed by atoms with Crippen molar-refractivity contribution in [2.45, 2.75) is 19.3 Å². The normalized spacial score (nSPS) is 12.6. The van der Waals surface area contributed by atoms with Crippen LogP contribution in [-0.2, 0) is 5.41 Å². The first kappa shape index (κ1) is 64.4. The van der Waals surface area contributed by atoms with Crippen LogP contribution >= 0.6 is 0 Å². The Morgan fingerprint density at radius 3 is 0.903 bits per heavy atom. The molecule has 3 aliphatic carbocycles. The van der Waals surface area contributed by atoms with Crippen molar-refractivity contribution in [3.05, 3.63) is 412 Å². The molecule has 19 aromatic carbocycles. The zero-order valence-corrected chi connectivity index (χ0v) is 62.4. The molecule has 2 heterocycles. The zero-order chi connectivity index (χ0) is 74.6. The van der Waals surface area contributed by atoms with Crippen molar-refractivity contribution in [2.24, 2.45) is 0 Å². The first-order valence-electron chi connectivity index (χ1n) is 39.3. The third kappa shape index (κ3) is 10.0. The molecule has 24 rings (SSSR count). The quantitative estimate of drug-likeness (QED) is 0.136. The Hall–Kier alpha value is -14.6. The third-order valence-corrected chi connectivity index (χ3v) is 24.6. The van der Waals surface area contributed by atoms with E-state index in [9.17, 15) is 0 Å². The number of aromatic nitrogens is 2. The van der Waals surface area contributed by atoms with E-state index in [1.54, 1.807) is 0 Å². The van der Waals surface area contributed by atoms with Crippen LogP contribution in [0, 0.1) is 0 Å². The highest BCUT2D eigenvalue weighted by atomic mass is 15.1. The fourth-order valence-corrected chi connectivity index (χ4v) is 19.3. The summed E-state index contributed by atoms with van der Waals surface area (Å²) in [7, 11) is 0. The molecule has 4 nitrogen and oxygen atoms in total. The summed E-state index contributed by atoms with van der Waals surface area (Å²) in [4.78, 5) is 4.68. The van der Waals surface area contributed by atoms with E-state index < -0.39 is 0 Å². The standard InChI is InChI=1S/C59H40N2.C50H32N2/c1-59(2)52-20-9-8-17-46(52)47-32-31-45(36-53(47)59)60(42-15-4-3-5-16-42)43-27-22-37(23-28-43)38-24-29-44(30-25-38)61-54-21-11-19-49-51-35-41-13-7-6-12-40(41)34-50(51)48-18-10-14-39-26-33-55(61)58(56(39)48)57(49)54;1-3-14-38(15-4-1)51(39-16-5-2-6-17-39)40-26-21-33(22-27-40)34-23-28-41(29-24-34)52-46-20-10-19-43-45-32-37-12-8-7-11-36(37)31-44(45)42-18-9-13-35-25-30-47(52)50(48(35)42)49(43)46/h3-36H,1-2H3;1-32H. The Morgan fingerprint density at radius 2 is 0.487 bits per heavy atom. The van der Waals surface area contributed by atoms with Gasteiger partial charge in [-0.05, 0) is 278 Å². The zero-order valence-electron chi connectivity index (χ0n) is 62.4. The molecule has 0 aliphatic heterocycles. The SMILES string of the molecule is CC1(C)c2ccccc2-c2ccc(N(c3ccccc3)c3ccc(-c4ccc(-n5c6cccc7c6c6c8c(cccc8ccc65)-c5cc6ccccc6cc5-7)cc4)cc3)cc21.c1ccc(N(c2ccccc2)c2ccc(-c3ccc(-n4c5cccc6c5c5c7c(cccc7ccc54)-c4cc5ccccc5cc4-6)cc3)cc2)cc1. The minimum Gasteiger partial charge on any atom is -0.311 e. The van der Waals surface area contributed by atoms with Gasteiger partial charge in [0.05, 0.1) is 22.1 Å². The van der Waals surface area contributed by atoms with Crippen molar-refractivity contribution in [3.8, 4) is 89.3 Å². The summed E-state index contributed by atoms with van der Waals surface area (Å²) in [6.07, 6.45) is 0. The maximum absolute atomic E-state index is 2.47. The molecule has 21 aromatic rings. The summed E-state index contributed by atoms with van der Waals surface area (Å²) in [6, 6.07) is 147. The molecule has 0 amide bonds. The molecule has 0 radical (unpaired) electrons. The molecule has 0 unspecified atom stereocenters. The number of fused-ring (bicyclic) bond motifs is 11. The van der Waals surface area contributed by atoms with Gasteiger partial charge in [0.15, 0.2) is 0 Å². The molecule has 528 valence electrons. The molecule has 0 fully saturated rings. The van der Waals surface area contributed by atoms with Crippen LogP contribution in [0.5, 0.6) is 0 Å². The van der Waals surface area contributed by atoms with Crippen LogP contribution in [0.15, 0.2) is 400 Å². The van der Waals surface area contributed by atoms with E-state index in [-0.39, 0.29) is 5.41 Å². The first-order chi connectivity index (χ1) is 55.8. The number of hydrogen-bond acceptors (Lipinski definition) is 2. The van der Waals surface area contributed by atoms with E-state index in [1.165, 1.54) is 176 Å². The summed E-state index contributed by atoms with van der Waals surface area (Å²) in [6.45, 7) is 4.70. The van der Waals surface area contributed by atoms with Crippen LogP contribution in [-0.4, -0.2) is 9.13 Å². The smallest absolute Gasteiger partial charge is 0.0547 e. The maximum Gasteiger partial charge on any atom is 0.0547 e. The van der Waals surface area contributed by atoms with Gasteiger partial charge in [0.2, 0.25) is 0 Å². The second-order valence-corrected chi connectivity index (χ2v) is 31.1. The number of hydrogen-bond donors (Lipinski definition) is 0. The van der Waals surface area contributed by atoms with E-state index in [0.717, 1.165) is 45.5 Å². The number of para-hydroxylation sites is 3. The summed E-state index contributed by atoms with van der Waals surface area (Å²) >= 11 is 0. The Labute approximate surface area is 655 Å². The summed E-state index contributed by atoms with van der Waals surface area (Å²) in [5, 5.41) is 15.6. The van der Waals surface area contributed by atoms with Crippen molar-refractivity contribution < 1.29 is 0 Å². The Kier molecular flexibility index (Phi) is 14.4. The number of benzene rings is 19. The van der Waals surface area contributed by atoms with Crippen molar-refractivity contribution in [1.82, 2.24) is 9.13 Å². The van der Waals surface area contributed by atoms with Gasteiger partial charge in [-0.1, -0.05) is 269 Å². The summed E-state index contributed by atoms with van der Waals surface area (Å²) in [5.41, 5.74) is 34.6. The molecular weight excluding hydrogens is 1370 g/mol.